The Balaban J connectivity index is 1.26. The minimum atomic E-state index is -2.15. The highest BCUT2D eigenvalue weighted by Crippen LogP contribution is 2.43. The molecule has 2 nitrogen and oxygen atoms in total. The van der Waals surface area contributed by atoms with Crippen LogP contribution in [0.1, 0.15) is 15.2 Å². The van der Waals surface area contributed by atoms with Crippen LogP contribution in [0.2, 0.25) is 0 Å². The van der Waals surface area contributed by atoms with E-state index < -0.39 is 6.85 Å². The summed E-state index contributed by atoms with van der Waals surface area (Å²) in [5.74, 6) is 0.915. The summed E-state index contributed by atoms with van der Waals surface area (Å²) in [5.41, 5.74) is 7.44. The number of nitrogens with zero attached hydrogens (tertiary/aromatic N) is 2. The van der Waals surface area contributed by atoms with Crippen LogP contribution < -0.4 is 0 Å². The number of rotatable bonds is 3. The largest absolute Gasteiger partial charge is 0.292 e. The monoisotopic (exact) mass is 589 g/mol. The van der Waals surface area contributed by atoms with Gasteiger partial charge in [0.2, 0.25) is 0 Å². The Morgan fingerprint density at radius 2 is 1.37 bits per heavy atom. The smallest absolute Gasteiger partial charge is 0.147 e. The fraction of sp³-hybridized carbons (Fsp3) is 0.0513. The third-order valence-corrected chi connectivity index (χ3v) is 10.7. The van der Waals surface area contributed by atoms with Crippen LogP contribution in [0.4, 0.5) is 0 Å². The molecule has 0 bridgehead atoms. The third-order valence-electron chi connectivity index (χ3n) is 8.33. The first-order valence-corrected chi connectivity index (χ1v) is 15.9. The molecule has 0 atom stereocenters. The predicted molar refractivity (Wildman–Crippen MR) is 187 cm³/mol. The number of benzene rings is 6. The van der Waals surface area contributed by atoms with Gasteiger partial charge in [-0.2, -0.15) is 0 Å². The Bertz CT molecular complexity index is 2660. The number of imidazole rings is 1. The van der Waals surface area contributed by atoms with E-state index in [1.807, 2.05) is 24.3 Å². The second-order valence-corrected chi connectivity index (χ2v) is 13.3. The summed E-state index contributed by atoms with van der Waals surface area (Å²) in [4.78, 5) is 5.24. The summed E-state index contributed by atoms with van der Waals surface area (Å²) in [7, 11) is 0. The van der Waals surface area contributed by atoms with Crippen molar-refractivity contribution in [3.63, 3.8) is 0 Å². The van der Waals surface area contributed by atoms with Gasteiger partial charge in [-0.1, -0.05) is 77.9 Å². The van der Waals surface area contributed by atoms with Crippen molar-refractivity contribution in [3.05, 3.63) is 132 Å². The fourth-order valence-corrected chi connectivity index (χ4v) is 8.70. The Kier molecular flexibility index (Phi) is 4.76. The molecule has 6 aromatic carbocycles. The van der Waals surface area contributed by atoms with Crippen molar-refractivity contribution in [1.29, 1.82) is 0 Å². The quantitative estimate of drug-likeness (QED) is 0.200. The van der Waals surface area contributed by atoms with E-state index in [0.717, 1.165) is 50.2 Å². The molecule has 3 aromatic heterocycles. The van der Waals surface area contributed by atoms with Gasteiger partial charge in [-0.3, -0.25) is 4.57 Å². The molecule has 9 aromatic rings. The van der Waals surface area contributed by atoms with Gasteiger partial charge in [0.15, 0.2) is 0 Å². The molecule has 0 aliphatic carbocycles. The van der Waals surface area contributed by atoms with Crippen LogP contribution in [0.3, 0.4) is 0 Å². The number of para-hydroxylation sites is 2. The summed E-state index contributed by atoms with van der Waals surface area (Å²) in [6.07, 6.45) is 0. The van der Waals surface area contributed by atoms with Crippen molar-refractivity contribution in [3.8, 4) is 28.2 Å². The average Bonchev–Trinajstić information content (AvgIpc) is 3.74. The highest BCUT2D eigenvalue weighted by molar-refractivity contribution is 7.26. The van der Waals surface area contributed by atoms with Crippen molar-refractivity contribution in [2.45, 2.75) is 13.8 Å². The lowest BCUT2D eigenvalue weighted by atomic mass is 9.99. The van der Waals surface area contributed by atoms with E-state index in [2.05, 4.69) is 108 Å². The van der Waals surface area contributed by atoms with Crippen LogP contribution in [-0.2, 0) is 0 Å². The summed E-state index contributed by atoms with van der Waals surface area (Å²) < 4.78 is 31.1. The van der Waals surface area contributed by atoms with Gasteiger partial charge in [-0.05, 0) is 79.5 Å². The molecule has 0 spiro atoms. The average molecular weight is 590 g/mol. The molecule has 0 fully saturated rings. The molecule has 0 unspecified atom stereocenters. The molecule has 3 heterocycles. The lowest BCUT2D eigenvalue weighted by Crippen LogP contribution is -1.97. The Morgan fingerprint density at radius 1 is 0.605 bits per heavy atom. The van der Waals surface area contributed by atoms with Crippen molar-refractivity contribution in [1.82, 2.24) is 9.55 Å². The number of aryl methyl sites for hydroxylation is 2. The lowest BCUT2D eigenvalue weighted by molar-refractivity contribution is 1.11. The van der Waals surface area contributed by atoms with Gasteiger partial charge in [0.1, 0.15) is 5.82 Å². The van der Waals surface area contributed by atoms with E-state index in [1.165, 1.54) is 35.0 Å². The standard InChI is InChI=1S/C39H26N2S2/c1-23-18-24(2)20-26(19-23)25-14-16-37-31(21-25)29-9-7-10-30(38(29)43-37)39-40-33-11-4-5-12-34(33)41(39)27-15-17-36-32(22-27)28-8-3-6-13-35(28)42-36/h3-22H,1-2H3/i1D3. The zero-order valence-electron chi connectivity index (χ0n) is 26.3. The maximum Gasteiger partial charge on any atom is 0.147 e. The number of thiophene rings is 2. The number of aromatic nitrogens is 2. The molecule has 4 heteroatoms. The zero-order valence-corrected chi connectivity index (χ0v) is 24.9. The maximum absolute atomic E-state index is 7.96. The Hall–Kier alpha value is -4.77. The van der Waals surface area contributed by atoms with Crippen molar-refractivity contribution in [2.75, 3.05) is 0 Å². The highest BCUT2D eigenvalue weighted by Gasteiger charge is 2.19. The van der Waals surface area contributed by atoms with E-state index in [9.17, 15) is 0 Å². The van der Waals surface area contributed by atoms with Gasteiger partial charge in [0, 0.05) is 55.7 Å². The molecule has 204 valence electrons. The molecule has 0 saturated carbocycles. The minimum absolute atomic E-state index is 0.368. The molecule has 0 amide bonds. The van der Waals surface area contributed by atoms with Crippen molar-refractivity contribution < 1.29 is 4.11 Å². The molecule has 0 N–H and O–H groups in total. The van der Waals surface area contributed by atoms with Gasteiger partial charge in [0.05, 0.1) is 11.0 Å². The van der Waals surface area contributed by atoms with Gasteiger partial charge in [-0.25, -0.2) is 4.98 Å². The van der Waals surface area contributed by atoms with Crippen LogP contribution in [0.25, 0.3) is 79.6 Å². The van der Waals surface area contributed by atoms with Gasteiger partial charge in [-0.15, -0.1) is 22.7 Å². The van der Waals surface area contributed by atoms with Crippen LogP contribution in [0.5, 0.6) is 0 Å². The van der Waals surface area contributed by atoms with Gasteiger partial charge < -0.3 is 0 Å². The zero-order chi connectivity index (χ0) is 31.2. The van der Waals surface area contributed by atoms with Crippen LogP contribution in [0, 0.1) is 13.8 Å². The second-order valence-electron chi connectivity index (χ2n) is 11.1. The SMILES string of the molecule is [2H]C([2H])([2H])c1cc(C)cc(-c2ccc3sc4c(-c5nc6ccccc6n5-c5ccc6sc7ccccc7c6c5)cccc4c3c2)c1. The molecule has 9 rings (SSSR count). The van der Waals surface area contributed by atoms with E-state index in [0.29, 0.717) is 5.56 Å². The van der Waals surface area contributed by atoms with Crippen molar-refractivity contribution >= 4 is 74.1 Å². The van der Waals surface area contributed by atoms with Crippen LogP contribution in [0.15, 0.2) is 121 Å². The Labute approximate surface area is 261 Å². The number of fused-ring (bicyclic) bond motifs is 7. The molecule has 0 aliphatic heterocycles. The predicted octanol–water partition coefficient (Wildman–Crippen LogP) is 11.7. The molecular formula is C39H26N2S2. The highest BCUT2D eigenvalue weighted by atomic mass is 32.1. The molecule has 0 radical (unpaired) electrons. The lowest BCUT2D eigenvalue weighted by Gasteiger charge is -2.11. The summed E-state index contributed by atoms with van der Waals surface area (Å²) >= 11 is 3.60. The summed E-state index contributed by atoms with van der Waals surface area (Å²) in [6, 6.07) is 42.3. The third kappa shape index (κ3) is 3.87. The number of hydrogen-bond acceptors (Lipinski definition) is 3. The first-order chi connectivity index (χ1) is 22.3. The second kappa shape index (κ2) is 9.37. The first kappa shape index (κ1) is 21.9. The first-order valence-electron chi connectivity index (χ1n) is 15.8. The van der Waals surface area contributed by atoms with Crippen molar-refractivity contribution in [2.24, 2.45) is 0 Å². The van der Waals surface area contributed by atoms with E-state index in [1.54, 1.807) is 23.5 Å². The molecule has 0 aliphatic rings. The van der Waals surface area contributed by atoms with Crippen LogP contribution >= 0.6 is 22.7 Å². The fourth-order valence-electron chi connectivity index (χ4n) is 6.43. The van der Waals surface area contributed by atoms with Gasteiger partial charge >= 0.3 is 0 Å². The van der Waals surface area contributed by atoms with Crippen LogP contribution in [-0.4, -0.2) is 9.55 Å². The maximum atomic E-state index is 7.96. The topological polar surface area (TPSA) is 17.8 Å². The summed E-state index contributed by atoms with van der Waals surface area (Å²) in [6.45, 7) is -0.199. The normalized spacial score (nSPS) is 13.3. The van der Waals surface area contributed by atoms with Gasteiger partial charge in [0.25, 0.3) is 0 Å². The van der Waals surface area contributed by atoms with E-state index in [4.69, 9.17) is 9.10 Å². The molecular weight excluding hydrogens is 561 g/mol. The molecule has 0 saturated heterocycles. The number of hydrogen-bond donors (Lipinski definition) is 0. The van der Waals surface area contributed by atoms with E-state index >= 15 is 0 Å². The van der Waals surface area contributed by atoms with E-state index in [-0.39, 0.29) is 0 Å². The summed E-state index contributed by atoms with van der Waals surface area (Å²) in [5, 5.41) is 4.86. The minimum Gasteiger partial charge on any atom is -0.292 e. The molecule has 43 heavy (non-hydrogen) atoms. The Morgan fingerprint density at radius 3 is 2.33 bits per heavy atom.